The van der Waals surface area contributed by atoms with Crippen molar-refractivity contribution in [3.63, 3.8) is 0 Å². The van der Waals surface area contributed by atoms with Gasteiger partial charge in [-0.15, -0.1) is 0 Å². The van der Waals surface area contributed by atoms with Crippen LogP contribution in [0.4, 0.5) is 26.3 Å². The first kappa shape index (κ1) is 25.8. The summed E-state index contributed by atoms with van der Waals surface area (Å²) in [6.45, 7) is -0.584. The molecule has 0 spiro atoms. The molecule has 0 unspecified atom stereocenters. The third-order valence-corrected chi connectivity index (χ3v) is 7.02. The van der Waals surface area contributed by atoms with Crippen molar-refractivity contribution in [2.45, 2.75) is 42.7 Å². The molecule has 1 amide bonds. The number of benzene rings is 2. The van der Waals surface area contributed by atoms with Gasteiger partial charge in [0.1, 0.15) is 18.4 Å². The number of rotatable bonds is 6. The first-order chi connectivity index (χ1) is 15.7. The fourth-order valence-electron chi connectivity index (χ4n) is 3.48. The molecule has 1 heterocycles. The van der Waals surface area contributed by atoms with Gasteiger partial charge < -0.3 is 4.74 Å². The number of ether oxygens (including phenoxy) is 1. The topological polar surface area (TPSA) is 95.9 Å². The highest BCUT2D eigenvalue weighted by atomic mass is 32.2. The second-order valence-electron chi connectivity index (χ2n) is 7.42. The fourth-order valence-corrected chi connectivity index (χ4v) is 5.13. The summed E-state index contributed by atoms with van der Waals surface area (Å²) in [5.41, 5.74) is -1.91. The molecule has 1 atom stereocenters. The summed E-state index contributed by atoms with van der Waals surface area (Å²) in [7, 11) is -4.11. The summed E-state index contributed by atoms with van der Waals surface area (Å²) >= 11 is 0. The minimum absolute atomic E-state index is 0.00371. The molecule has 2 aromatic rings. The van der Waals surface area contributed by atoms with Crippen LogP contribution in [0.25, 0.3) is 0 Å². The number of nitrogens with zero attached hydrogens (tertiary/aromatic N) is 1. The van der Waals surface area contributed by atoms with Gasteiger partial charge in [0, 0.05) is 6.54 Å². The molecule has 1 aliphatic rings. The number of halogens is 6. The Morgan fingerprint density at radius 1 is 1.03 bits per heavy atom. The molecule has 7 nitrogen and oxygen atoms in total. The van der Waals surface area contributed by atoms with Gasteiger partial charge in [-0.05, 0) is 60.9 Å². The van der Waals surface area contributed by atoms with Crippen LogP contribution in [0, 0.1) is 0 Å². The van der Waals surface area contributed by atoms with E-state index in [9.17, 15) is 39.6 Å². The average molecular weight is 512 g/mol. The van der Waals surface area contributed by atoms with Crippen LogP contribution in [0.5, 0.6) is 5.75 Å². The maximum Gasteiger partial charge on any atom is 0.416 e. The monoisotopic (exact) mass is 512 g/mol. The van der Waals surface area contributed by atoms with E-state index in [1.165, 1.54) is 17.6 Å². The molecule has 0 aliphatic carbocycles. The van der Waals surface area contributed by atoms with Gasteiger partial charge in [-0.25, -0.2) is 13.9 Å². The van der Waals surface area contributed by atoms with Gasteiger partial charge in [0.15, 0.2) is 0 Å². The standard InChI is InChI=1S/C20H18F6N2O5S/c21-19(22,23)13-8-12(9-14(10-13)20(24,25)26)11-33-15-3-5-16(6-4-15)34(31,32)28-7-1-2-17(28)18(29)27-30/h3-6,8-10,17,30H,1-2,7,11H2,(H,27,29)/t17-/m1/s1. The first-order valence-corrected chi connectivity index (χ1v) is 11.1. The molecule has 34 heavy (non-hydrogen) atoms. The molecule has 0 radical (unpaired) electrons. The summed E-state index contributed by atoms with van der Waals surface area (Å²) in [5, 5.41) is 8.80. The fraction of sp³-hybridized carbons (Fsp3) is 0.350. The average Bonchev–Trinajstić information content (AvgIpc) is 3.27. The third-order valence-electron chi connectivity index (χ3n) is 5.10. The molecule has 0 saturated carbocycles. The molecule has 1 aliphatic heterocycles. The number of sulfonamides is 1. The highest BCUT2D eigenvalue weighted by molar-refractivity contribution is 7.89. The van der Waals surface area contributed by atoms with E-state index in [2.05, 4.69) is 0 Å². The number of carbonyl (C=O) groups excluding carboxylic acids is 1. The molecule has 2 aromatic carbocycles. The molecule has 3 rings (SSSR count). The Labute approximate surface area is 189 Å². The van der Waals surface area contributed by atoms with E-state index in [1.807, 2.05) is 0 Å². The van der Waals surface area contributed by atoms with Gasteiger partial charge in [0.05, 0.1) is 16.0 Å². The second-order valence-corrected chi connectivity index (χ2v) is 9.31. The highest BCUT2D eigenvalue weighted by Gasteiger charge is 2.39. The van der Waals surface area contributed by atoms with E-state index in [0.717, 1.165) is 16.4 Å². The smallest absolute Gasteiger partial charge is 0.416 e. The number of hydrogen-bond acceptors (Lipinski definition) is 5. The Morgan fingerprint density at radius 3 is 2.09 bits per heavy atom. The van der Waals surface area contributed by atoms with E-state index in [4.69, 9.17) is 9.94 Å². The molecule has 1 fully saturated rings. The Bertz CT molecular complexity index is 1120. The predicted octanol–water partition coefficient (Wildman–Crippen LogP) is 3.96. The SMILES string of the molecule is O=C(NO)[C@H]1CCCN1S(=O)(=O)c1ccc(OCc2cc(C(F)(F)F)cc(C(F)(F)F)c2)cc1. The van der Waals surface area contributed by atoms with Crippen LogP contribution < -0.4 is 10.2 Å². The maximum absolute atomic E-state index is 13.0. The van der Waals surface area contributed by atoms with Crippen LogP contribution in [-0.4, -0.2) is 36.4 Å². The van der Waals surface area contributed by atoms with Crippen molar-refractivity contribution in [1.29, 1.82) is 0 Å². The number of hydroxylamine groups is 1. The molecule has 0 aromatic heterocycles. The van der Waals surface area contributed by atoms with Crippen molar-refractivity contribution in [3.05, 3.63) is 59.2 Å². The quantitative estimate of drug-likeness (QED) is 0.347. The minimum Gasteiger partial charge on any atom is -0.489 e. The van der Waals surface area contributed by atoms with Crippen LogP contribution in [0.2, 0.25) is 0 Å². The van der Waals surface area contributed by atoms with Crippen LogP contribution in [0.15, 0.2) is 47.4 Å². The van der Waals surface area contributed by atoms with Crippen LogP contribution >= 0.6 is 0 Å². The number of nitrogens with one attached hydrogen (secondary N) is 1. The largest absolute Gasteiger partial charge is 0.489 e. The minimum atomic E-state index is -4.99. The van der Waals surface area contributed by atoms with Gasteiger partial charge in [-0.3, -0.25) is 10.0 Å². The number of amides is 1. The Balaban J connectivity index is 1.77. The summed E-state index contributed by atoms with van der Waals surface area (Å²) in [5.74, 6) is -0.878. The zero-order chi connectivity index (χ0) is 25.3. The Hall–Kier alpha value is -2.84. The van der Waals surface area contributed by atoms with E-state index in [-0.39, 0.29) is 35.2 Å². The molecular formula is C20H18F6N2O5S. The third kappa shape index (κ3) is 5.62. The van der Waals surface area contributed by atoms with Crippen LogP contribution in [0.1, 0.15) is 29.5 Å². The molecule has 2 N–H and O–H groups in total. The van der Waals surface area contributed by atoms with E-state index in [0.29, 0.717) is 18.6 Å². The summed E-state index contributed by atoms with van der Waals surface area (Å²) in [4.78, 5) is 11.5. The summed E-state index contributed by atoms with van der Waals surface area (Å²) in [6, 6.07) is 4.61. The van der Waals surface area contributed by atoms with Gasteiger partial charge in [-0.1, -0.05) is 0 Å². The predicted molar refractivity (Wildman–Crippen MR) is 104 cm³/mol. The zero-order valence-electron chi connectivity index (χ0n) is 17.2. The first-order valence-electron chi connectivity index (χ1n) is 9.70. The number of hydrogen-bond donors (Lipinski definition) is 2. The molecule has 0 bridgehead atoms. The summed E-state index contributed by atoms with van der Waals surface area (Å²) in [6.07, 6.45) is -9.38. The van der Waals surface area contributed by atoms with Crippen LogP contribution in [0.3, 0.4) is 0 Å². The van der Waals surface area contributed by atoms with Gasteiger partial charge in [0.2, 0.25) is 10.0 Å². The molecular weight excluding hydrogens is 494 g/mol. The lowest BCUT2D eigenvalue weighted by Crippen LogP contribution is -2.44. The highest BCUT2D eigenvalue weighted by Crippen LogP contribution is 2.36. The lowest BCUT2D eigenvalue weighted by Gasteiger charge is -2.22. The lowest BCUT2D eigenvalue weighted by molar-refractivity contribution is -0.143. The van der Waals surface area contributed by atoms with E-state index >= 15 is 0 Å². The van der Waals surface area contributed by atoms with E-state index in [1.54, 1.807) is 0 Å². The molecule has 186 valence electrons. The van der Waals surface area contributed by atoms with Crippen molar-refractivity contribution in [1.82, 2.24) is 9.79 Å². The Morgan fingerprint density at radius 2 is 1.59 bits per heavy atom. The second kappa shape index (κ2) is 9.43. The van der Waals surface area contributed by atoms with Crippen molar-refractivity contribution in [3.8, 4) is 5.75 Å². The zero-order valence-corrected chi connectivity index (χ0v) is 18.0. The van der Waals surface area contributed by atoms with Crippen molar-refractivity contribution >= 4 is 15.9 Å². The lowest BCUT2D eigenvalue weighted by atomic mass is 10.1. The maximum atomic E-state index is 13.0. The molecule has 14 heteroatoms. The van der Waals surface area contributed by atoms with Crippen LogP contribution in [-0.2, 0) is 33.8 Å². The summed E-state index contributed by atoms with van der Waals surface area (Å²) < 4.78 is 110. The number of carbonyl (C=O) groups is 1. The van der Waals surface area contributed by atoms with Crippen molar-refractivity contribution < 1.29 is 49.5 Å². The van der Waals surface area contributed by atoms with Gasteiger partial charge in [-0.2, -0.15) is 30.6 Å². The van der Waals surface area contributed by atoms with Crippen molar-refractivity contribution in [2.24, 2.45) is 0 Å². The molecule has 1 saturated heterocycles. The van der Waals surface area contributed by atoms with Gasteiger partial charge in [0.25, 0.3) is 5.91 Å². The van der Waals surface area contributed by atoms with Gasteiger partial charge >= 0.3 is 12.4 Å². The Kier molecular flexibility index (Phi) is 7.15. The number of alkyl halides is 6. The van der Waals surface area contributed by atoms with Crippen molar-refractivity contribution in [2.75, 3.05) is 6.54 Å². The van der Waals surface area contributed by atoms with E-state index < -0.39 is 52.1 Å². The normalized spacial score (nSPS) is 17.6.